The lowest BCUT2D eigenvalue weighted by atomic mass is 10.4. The third-order valence-electron chi connectivity index (χ3n) is 2.22. The molecule has 0 saturated heterocycles. The van der Waals surface area contributed by atoms with Gasteiger partial charge in [-0.3, -0.25) is 4.79 Å². The topological polar surface area (TPSA) is 63.5 Å². The minimum Gasteiger partial charge on any atom is -0.467 e. The average Bonchev–Trinajstić information content (AvgIpc) is 2.85. The van der Waals surface area contributed by atoms with Crippen LogP contribution in [0.2, 0.25) is 0 Å². The minimum absolute atomic E-state index is 0.352. The van der Waals surface area contributed by atoms with Crippen molar-refractivity contribution in [1.29, 1.82) is 0 Å². The summed E-state index contributed by atoms with van der Waals surface area (Å²) in [5.74, 6) is 0.241. The highest BCUT2D eigenvalue weighted by Gasteiger charge is 2.26. The van der Waals surface area contributed by atoms with E-state index in [4.69, 9.17) is 9.15 Å². The first-order valence-electron chi connectivity index (χ1n) is 6.11. The number of ether oxygens (including phenoxy) is 1. The highest BCUT2D eigenvalue weighted by Crippen LogP contribution is 2.11. The quantitative estimate of drug-likeness (QED) is 0.677. The molecule has 0 saturated carbocycles. The van der Waals surface area contributed by atoms with Gasteiger partial charge in [0.2, 0.25) is 5.91 Å². The number of hydrogen-bond acceptors (Lipinski definition) is 4. The van der Waals surface area contributed by atoms with Gasteiger partial charge < -0.3 is 19.8 Å². The number of carbonyl (C=O) groups excluding carboxylic acids is 1. The standard InChI is InChI=1S/C12H17F3N2O3/c13-12(14,15)9-16-7-11(18)17-4-2-5-19-8-10-3-1-6-20-10/h1,3,6,16H,2,4-5,7-9H2,(H,17,18). The molecule has 0 aliphatic carbocycles. The molecule has 0 spiro atoms. The van der Waals surface area contributed by atoms with E-state index in [9.17, 15) is 18.0 Å². The molecule has 0 unspecified atom stereocenters. The molecule has 1 aromatic rings. The van der Waals surface area contributed by atoms with Crippen LogP contribution in [0.1, 0.15) is 12.2 Å². The summed E-state index contributed by atoms with van der Waals surface area (Å²) in [6, 6.07) is 3.54. The van der Waals surface area contributed by atoms with Crippen molar-refractivity contribution in [3.63, 3.8) is 0 Å². The highest BCUT2D eigenvalue weighted by molar-refractivity contribution is 5.77. The molecule has 0 bridgehead atoms. The first-order chi connectivity index (χ1) is 9.47. The largest absolute Gasteiger partial charge is 0.467 e. The Kier molecular flexibility index (Phi) is 7.10. The molecule has 0 aliphatic rings. The first-order valence-corrected chi connectivity index (χ1v) is 6.11. The maximum Gasteiger partial charge on any atom is 0.401 e. The SMILES string of the molecule is O=C(CNCC(F)(F)F)NCCCOCc1ccco1. The number of nitrogens with one attached hydrogen (secondary N) is 2. The lowest BCUT2D eigenvalue weighted by Gasteiger charge is -2.08. The fraction of sp³-hybridized carbons (Fsp3) is 0.583. The third kappa shape index (κ3) is 8.54. The van der Waals surface area contributed by atoms with Crippen LogP contribution in [-0.2, 0) is 16.1 Å². The number of halogens is 3. The predicted octanol–water partition coefficient (Wildman–Crippen LogP) is 1.45. The Labute approximate surface area is 114 Å². The highest BCUT2D eigenvalue weighted by atomic mass is 19.4. The predicted molar refractivity (Wildman–Crippen MR) is 64.9 cm³/mol. The summed E-state index contributed by atoms with van der Waals surface area (Å²) in [6.07, 6.45) is -2.18. The van der Waals surface area contributed by atoms with Crippen molar-refractivity contribution < 1.29 is 27.1 Å². The molecule has 0 atom stereocenters. The van der Waals surface area contributed by atoms with E-state index in [-0.39, 0.29) is 6.54 Å². The molecule has 0 aromatic carbocycles. The fourth-order valence-electron chi connectivity index (χ4n) is 1.35. The van der Waals surface area contributed by atoms with Gasteiger partial charge in [-0.1, -0.05) is 0 Å². The Hall–Kier alpha value is -1.54. The van der Waals surface area contributed by atoms with E-state index < -0.39 is 18.6 Å². The van der Waals surface area contributed by atoms with Crippen LogP contribution in [0.25, 0.3) is 0 Å². The first kappa shape index (κ1) is 16.5. The zero-order valence-electron chi connectivity index (χ0n) is 10.8. The molecule has 0 radical (unpaired) electrons. The van der Waals surface area contributed by atoms with Gasteiger partial charge in [0.15, 0.2) is 0 Å². The normalized spacial score (nSPS) is 11.6. The minimum atomic E-state index is -4.31. The van der Waals surface area contributed by atoms with E-state index in [0.717, 1.165) is 0 Å². The zero-order valence-corrected chi connectivity index (χ0v) is 10.8. The molecule has 1 heterocycles. The van der Waals surface area contributed by atoms with E-state index in [0.29, 0.717) is 31.9 Å². The van der Waals surface area contributed by atoms with E-state index in [1.165, 1.54) is 0 Å². The Bertz CT molecular complexity index is 380. The van der Waals surface area contributed by atoms with Crippen LogP contribution in [0.4, 0.5) is 13.2 Å². The molecule has 1 rings (SSSR count). The maximum absolute atomic E-state index is 11.8. The Balaban J connectivity index is 1.91. The van der Waals surface area contributed by atoms with Crippen molar-refractivity contribution in [2.45, 2.75) is 19.2 Å². The van der Waals surface area contributed by atoms with Crippen molar-refractivity contribution >= 4 is 5.91 Å². The lowest BCUT2D eigenvalue weighted by molar-refractivity contribution is -0.128. The maximum atomic E-state index is 11.8. The second-order valence-electron chi connectivity index (χ2n) is 4.05. The Morgan fingerprint density at radius 3 is 2.85 bits per heavy atom. The van der Waals surface area contributed by atoms with Crippen LogP contribution < -0.4 is 10.6 Å². The summed E-state index contributed by atoms with van der Waals surface area (Å²) in [4.78, 5) is 11.2. The zero-order chi connectivity index (χ0) is 14.8. The smallest absolute Gasteiger partial charge is 0.401 e. The number of alkyl halides is 3. The number of carbonyl (C=O) groups is 1. The molecule has 1 amide bonds. The summed E-state index contributed by atoms with van der Waals surface area (Å²) in [6.45, 7) is -0.394. The monoisotopic (exact) mass is 294 g/mol. The molecular formula is C12H17F3N2O3. The number of hydrogen-bond donors (Lipinski definition) is 2. The van der Waals surface area contributed by atoms with Gasteiger partial charge >= 0.3 is 6.18 Å². The van der Waals surface area contributed by atoms with Gasteiger partial charge in [-0.15, -0.1) is 0 Å². The van der Waals surface area contributed by atoms with Gasteiger partial charge in [-0.25, -0.2) is 0 Å². The summed E-state index contributed by atoms with van der Waals surface area (Å²) >= 11 is 0. The van der Waals surface area contributed by atoms with Gasteiger partial charge in [0.05, 0.1) is 19.4 Å². The van der Waals surface area contributed by atoms with E-state index in [1.807, 2.05) is 5.32 Å². The van der Waals surface area contributed by atoms with Crippen LogP contribution in [0.3, 0.4) is 0 Å². The molecular weight excluding hydrogens is 277 g/mol. The summed E-state index contributed by atoms with van der Waals surface area (Å²) in [5, 5.41) is 4.51. The lowest BCUT2D eigenvalue weighted by Crippen LogP contribution is -2.38. The van der Waals surface area contributed by atoms with Crippen LogP contribution in [0.5, 0.6) is 0 Å². The molecule has 0 fully saturated rings. The molecule has 1 aromatic heterocycles. The summed E-state index contributed by atoms with van der Waals surface area (Å²) in [5.41, 5.74) is 0. The van der Waals surface area contributed by atoms with Crippen LogP contribution in [-0.4, -0.2) is 38.3 Å². The van der Waals surface area contributed by atoms with Gasteiger partial charge in [0, 0.05) is 13.2 Å². The molecule has 5 nitrogen and oxygen atoms in total. The number of furan rings is 1. The van der Waals surface area contributed by atoms with Crippen molar-refractivity contribution in [1.82, 2.24) is 10.6 Å². The van der Waals surface area contributed by atoms with Crippen LogP contribution >= 0.6 is 0 Å². The van der Waals surface area contributed by atoms with Crippen molar-refractivity contribution in [3.8, 4) is 0 Å². The van der Waals surface area contributed by atoms with Gasteiger partial charge in [0.1, 0.15) is 12.4 Å². The van der Waals surface area contributed by atoms with Crippen molar-refractivity contribution in [2.75, 3.05) is 26.2 Å². The molecule has 20 heavy (non-hydrogen) atoms. The number of rotatable bonds is 9. The fourth-order valence-corrected chi connectivity index (χ4v) is 1.35. The van der Waals surface area contributed by atoms with E-state index in [1.54, 1.807) is 18.4 Å². The summed E-state index contributed by atoms with van der Waals surface area (Å²) < 4.78 is 45.7. The van der Waals surface area contributed by atoms with Crippen LogP contribution in [0, 0.1) is 0 Å². The second-order valence-corrected chi connectivity index (χ2v) is 4.05. The van der Waals surface area contributed by atoms with E-state index in [2.05, 4.69) is 5.32 Å². The van der Waals surface area contributed by atoms with Crippen LogP contribution in [0.15, 0.2) is 22.8 Å². The second kappa shape index (κ2) is 8.60. The van der Waals surface area contributed by atoms with Crippen molar-refractivity contribution in [2.24, 2.45) is 0 Å². The molecule has 2 N–H and O–H groups in total. The van der Waals surface area contributed by atoms with Gasteiger partial charge in [-0.05, 0) is 18.6 Å². The van der Waals surface area contributed by atoms with Gasteiger partial charge in [-0.2, -0.15) is 13.2 Å². The molecule has 114 valence electrons. The number of amides is 1. The molecule has 8 heteroatoms. The third-order valence-corrected chi connectivity index (χ3v) is 2.22. The molecule has 0 aliphatic heterocycles. The van der Waals surface area contributed by atoms with Gasteiger partial charge in [0.25, 0.3) is 0 Å². The Morgan fingerprint density at radius 1 is 1.40 bits per heavy atom. The Morgan fingerprint density at radius 2 is 2.20 bits per heavy atom. The summed E-state index contributed by atoms with van der Waals surface area (Å²) in [7, 11) is 0. The van der Waals surface area contributed by atoms with Crippen molar-refractivity contribution in [3.05, 3.63) is 24.2 Å². The average molecular weight is 294 g/mol. The van der Waals surface area contributed by atoms with E-state index >= 15 is 0 Å².